The molecule has 2 aromatic rings. The molecule has 1 N–H and O–H groups in total. The van der Waals surface area contributed by atoms with Gasteiger partial charge >= 0.3 is 0 Å². The van der Waals surface area contributed by atoms with Crippen molar-refractivity contribution in [1.82, 2.24) is 9.97 Å². The van der Waals surface area contributed by atoms with Crippen LogP contribution in [-0.2, 0) is 0 Å². The maximum absolute atomic E-state index is 5.35. The highest BCUT2D eigenvalue weighted by Crippen LogP contribution is 2.34. The van der Waals surface area contributed by atoms with E-state index in [1.807, 2.05) is 25.1 Å². The molecule has 0 bridgehead atoms. The van der Waals surface area contributed by atoms with Crippen LogP contribution in [0.25, 0.3) is 11.4 Å². The van der Waals surface area contributed by atoms with Crippen molar-refractivity contribution in [2.45, 2.75) is 38.5 Å². The lowest BCUT2D eigenvalue weighted by molar-refractivity contribution is 0.412. The predicted molar refractivity (Wildman–Crippen MR) is 87.4 cm³/mol. The Morgan fingerprint density at radius 2 is 2.00 bits per heavy atom. The van der Waals surface area contributed by atoms with E-state index in [0.717, 1.165) is 22.7 Å². The summed E-state index contributed by atoms with van der Waals surface area (Å²) in [7, 11) is 1.69. The fraction of sp³-hybridized carbons (Fsp3) is 0.412. The molecular weight excluding hydrogens is 280 g/mol. The highest BCUT2D eigenvalue weighted by atomic mass is 32.1. The molecule has 1 aromatic carbocycles. The number of aromatic amines is 1. The van der Waals surface area contributed by atoms with Gasteiger partial charge in [-0.2, -0.15) is 0 Å². The van der Waals surface area contributed by atoms with Crippen molar-refractivity contribution < 1.29 is 4.74 Å². The summed E-state index contributed by atoms with van der Waals surface area (Å²) < 4.78 is 5.98. The van der Waals surface area contributed by atoms with Crippen LogP contribution >= 0.6 is 12.2 Å². The molecule has 0 atom stereocenters. The highest BCUT2D eigenvalue weighted by Gasteiger charge is 2.18. The molecule has 3 rings (SSSR count). The maximum Gasteiger partial charge on any atom is 0.139 e. The number of nitrogens with one attached hydrogen (secondary N) is 1. The van der Waals surface area contributed by atoms with Crippen LogP contribution in [0.3, 0.4) is 0 Å². The molecule has 0 amide bonds. The van der Waals surface area contributed by atoms with E-state index in [9.17, 15) is 0 Å². The van der Waals surface area contributed by atoms with E-state index in [4.69, 9.17) is 17.0 Å². The molecular formula is C17H20N2OS. The monoisotopic (exact) mass is 300 g/mol. The summed E-state index contributed by atoms with van der Waals surface area (Å²) in [5.74, 6) is 2.35. The van der Waals surface area contributed by atoms with Crippen molar-refractivity contribution in [3.05, 3.63) is 40.2 Å². The zero-order valence-electron chi connectivity index (χ0n) is 12.5. The van der Waals surface area contributed by atoms with Crippen LogP contribution < -0.4 is 4.74 Å². The third-order valence-electron chi connectivity index (χ3n) is 4.23. The van der Waals surface area contributed by atoms with Crippen molar-refractivity contribution in [2.75, 3.05) is 7.11 Å². The average Bonchev–Trinajstić information content (AvgIpc) is 3.01. The molecule has 3 nitrogen and oxygen atoms in total. The van der Waals surface area contributed by atoms with Crippen LogP contribution in [0.4, 0.5) is 0 Å². The first kappa shape index (κ1) is 14.3. The number of aryl methyl sites for hydroxylation is 1. The van der Waals surface area contributed by atoms with Crippen LogP contribution in [0.15, 0.2) is 24.3 Å². The van der Waals surface area contributed by atoms with Crippen molar-refractivity contribution in [3.63, 3.8) is 0 Å². The first-order chi connectivity index (χ1) is 10.2. The number of hydrogen-bond donors (Lipinski definition) is 1. The number of methoxy groups -OCH3 is 1. The Hall–Kier alpha value is -1.68. The van der Waals surface area contributed by atoms with Gasteiger partial charge in [-0.15, -0.1) is 0 Å². The van der Waals surface area contributed by atoms with Gasteiger partial charge < -0.3 is 9.72 Å². The molecule has 1 aliphatic carbocycles. The van der Waals surface area contributed by atoms with Crippen molar-refractivity contribution >= 4 is 12.2 Å². The topological polar surface area (TPSA) is 37.9 Å². The molecule has 1 saturated carbocycles. The van der Waals surface area contributed by atoms with Gasteiger partial charge in [0.15, 0.2) is 0 Å². The molecule has 0 radical (unpaired) electrons. The fourth-order valence-electron chi connectivity index (χ4n) is 3.10. The van der Waals surface area contributed by atoms with Gasteiger partial charge in [-0.25, -0.2) is 4.98 Å². The van der Waals surface area contributed by atoms with Gasteiger partial charge in [0, 0.05) is 11.3 Å². The second-order valence-corrected chi connectivity index (χ2v) is 6.11. The summed E-state index contributed by atoms with van der Waals surface area (Å²) in [5, 5.41) is 0. The van der Waals surface area contributed by atoms with Gasteiger partial charge in [0.25, 0.3) is 0 Å². The normalized spacial score (nSPS) is 15.3. The molecule has 0 unspecified atom stereocenters. The van der Waals surface area contributed by atoms with Crippen molar-refractivity contribution in [2.24, 2.45) is 0 Å². The molecule has 4 heteroatoms. The number of aromatic nitrogens is 2. The lowest BCUT2D eigenvalue weighted by Gasteiger charge is -2.12. The molecule has 1 aromatic heterocycles. The van der Waals surface area contributed by atoms with E-state index in [2.05, 4.69) is 16.0 Å². The minimum Gasteiger partial charge on any atom is -0.496 e. The minimum absolute atomic E-state index is 0.604. The summed E-state index contributed by atoms with van der Waals surface area (Å²) in [4.78, 5) is 7.98. The number of hydrogen-bond acceptors (Lipinski definition) is 3. The lowest BCUT2D eigenvalue weighted by Crippen LogP contribution is -2.00. The fourth-order valence-corrected chi connectivity index (χ4v) is 3.31. The van der Waals surface area contributed by atoms with E-state index < -0.39 is 0 Å². The van der Waals surface area contributed by atoms with Gasteiger partial charge in [0.05, 0.1) is 7.11 Å². The Balaban J connectivity index is 2.01. The molecule has 110 valence electrons. The SMILES string of the molecule is COc1ccc(-c2nc(=S)cc(C3CCCC3)[nH]2)cc1C. The van der Waals surface area contributed by atoms with Gasteiger partial charge in [0.2, 0.25) is 0 Å². The first-order valence-electron chi connectivity index (χ1n) is 7.43. The van der Waals surface area contributed by atoms with E-state index in [1.54, 1.807) is 7.11 Å². The Bertz CT molecular complexity index is 702. The summed E-state index contributed by atoms with van der Waals surface area (Å²) in [5.41, 5.74) is 3.39. The van der Waals surface area contributed by atoms with Crippen LogP contribution in [0.1, 0.15) is 42.9 Å². The Morgan fingerprint density at radius 3 is 2.67 bits per heavy atom. The third kappa shape index (κ3) is 3.00. The number of benzene rings is 1. The second-order valence-electron chi connectivity index (χ2n) is 5.69. The van der Waals surface area contributed by atoms with E-state index in [0.29, 0.717) is 10.6 Å². The van der Waals surface area contributed by atoms with Crippen LogP contribution in [0, 0.1) is 11.6 Å². The number of H-pyrrole nitrogens is 1. The summed E-state index contributed by atoms with van der Waals surface area (Å²) in [6.45, 7) is 2.04. The van der Waals surface area contributed by atoms with Crippen molar-refractivity contribution in [1.29, 1.82) is 0 Å². The van der Waals surface area contributed by atoms with Crippen LogP contribution in [0.5, 0.6) is 5.75 Å². The van der Waals surface area contributed by atoms with Crippen molar-refractivity contribution in [3.8, 4) is 17.1 Å². The van der Waals surface area contributed by atoms with E-state index >= 15 is 0 Å². The highest BCUT2D eigenvalue weighted by molar-refractivity contribution is 7.71. The maximum atomic E-state index is 5.35. The molecule has 1 fully saturated rings. The second kappa shape index (κ2) is 5.98. The standard InChI is InChI=1S/C17H20N2OS/c1-11-9-13(7-8-15(11)20-2)17-18-14(10-16(21)19-17)12-5-3-4-6-12/h7-10,12H,3-6H2,1-2H3,(H,18,19,21). The molecule has 1 aliphatic rings. The third-order valence-corrected chi connectivity index (χ3v) is 4.44. The average molecular weight is 300 g/mol. The number of nitrogens with zero attached hydrogens (tertiary/aromatic N) is 1. The Kier molecular flexibility index (Phi) is 4.06. The predicted octanol–water partition coefficient (Wildman–Crippen LogP) is 4.78. The largest absolute Gasteiger partial charge is 0.496 e. The van der Waals surface area contributed by atoms with E-state index in [-0.39, 0.29) is 0 Å². The molecule has 0 saturated heterocycles. The summed E-state index contributed by atoms with van der Waals surface area (Å²) >= 11 is 5.35. The summed E-state index contributed by atoms with van der Waals surface area (Å²) in [6.07, 6.45) is 5.11. The molecule has 0 spiro atoms. The first-order valence-corrected chi connectivity index (χ1v) is 7.84. The number of ether oxygens (including phenoxy) is 1. The Labute approximate surface area is 130 Å². The van der Waals surface area contributed by atoms with Gasteiger partial charge in [-0.1, -0.05) is 25.1 Å². The van der Waals surface area contributed by atoms with E-state index in [1.165, 1.54) is 31.4 Å². The summed E-state index contributed by atoms with van der Waals surface area (Å²) in [6, 6.07) is 8.11. The molecule has 1 heterocycles. The minimum atomic E-state index is 0.604. The smallest absolute Gasteiger partial charge is 0.139 e. The van der Waals surface area contributed by atoms with Gasteiger partial charge in [-0.05, 0) is 55.5 Å². The molecule has 21 heavy (non-hydrogen) atoms. The quantitative estimate of drug-likeness (QED) is 0.829. The zero-order chi connectivity index (χ0) is 14.8. The van der Waals surface area contributed by atoms with Crippen LogP contribution in [-0.4, -0.2) is 17.1 Å². The molecule has 0 aliphatic heterocycles. The zero-order valence-corrected chi connectivity index (χ0v) is 13.3. The Morgan fingerprint density at radius 1 is 1.24 bits per heavy atom. The lowest BCUT2D eigenvalue weighted by atomic mass is 10.0. The van der Waals surface area contributed by atoms with Crippen LogP contribution in [0.2, 0.25) is 0 Å². The van der Waals surface area contributed by atoms with Gasteiger partial charge in [-0.3, -0.25) is 0 Å². The number of rotatable bonds is 3. The van der Waals surface area contributed by atoms with Gasteiger partial charge in [0.1, 0.15) is 16.2 Å².